The number of hydrogen-bond donors (Lipinski definition) is 1. The molecule has 0 spiro atoms. The lowest BCUT2D eigenvalue weighted by Gasteiger charge is -2.47. The van der Waals surface area contributed by atoms with E-state index in [1.54, 1.807) is 0 Å². The van der Waals surface area contributed by atoms with Crippen LogP contribution in [0.3, 0.4) is 0 Å². The first-order valence-corrected chi connectivity index (χ1v) is 8.53. The van der Waals surface area contributed by atoms with Crippen LogP contribution in [0.4, 0.5) is 0 Å². The molecule has 2 aliphatic rings. The molecule has 1 aromatic rings. The van der Waals surface area contributed by atoms with Gasteiger partial charge in [-0.05, 0) is 47.8 Å². The van der Waals surface area contributed by atoms with Gasteiger partial charge in [0, 0.05) is 58.8 Å². The van der Waals surface area contributed by atoms with E-state index >= 15 is 0 Å². The highest BCUT2D eigenvalue weighted by Gasteiger charge is 2.41. The van der Waals surface area contributed by atoms with Gasteiger partial charge >= 0.3 is 5.97 Å². The van der Waals surface area contributed by atoms with Crippen LogP contribution in [0.15, 0.2) is 12.1 Å². The van der Waals surface area contributed by atoms with Crippen molar-refractivity contribution in [3.8, 4) is 11.5 Å². The zero-order valence-corrected chi connectivity index (χ0v) is 15.8. The number of benzene rings is 1. The van der Waals surface area contributed by atoms with E-state index in [0.29, 0.717) is 6.07 Å². The Hall–Kier alpha value is -1.79. The van der Waals surface area contributed by atoms with Crippen molar-refractivity contribution in [1.29, 1.82) is 0 Å². The van der Waals surface area contributed by atoms with Gasteiger partial charge in [-0.3, -0.25) is 9.69 Å². The fourth-order valence-electron chi connectivity index (χ4n) is 3.08. The van der Waals surface area contributed by atoms with E-state index in [2.05, 4.69) is 0 Å². The summed E-state index contributed by atoms with van der Waals surface area (Å²) in [7, 11) is -2.24. The third-order valence-electron chi connectivity index (χ3n) is 4.50. The summed E-state index contributed by atoms with van der Waals surface area (Å²) < 4.78 is 229. The summed E-state index contributed by atoms with van der Waals surface area (Å²) in [5.74, 6) is -15.5. The maximum Gasteiger partial charge on any atom is 0.323 e. The summed E-state index contributed by atoms with van der Waals surface area (Å²) in [5.41, 5.74) is 4.07. The number of fused-ring (bicyclic) bond motifs is 3. The average molecular weight is 445 g/mol. The Morgan fingerprint density at radius 2 is 2.20 bits per heavy atom. The molecular weight excluding hydrogens is 380 g/mol. The molecule has 0 radical (unpaired) electrons. The van der Waals surface area contributed by atoms with Crippen molar-refractivity contribution in [2.24, 2.45) is 23.4 Å². The van der Waals surface area contributed by atoms with Crippen LogP contribution < -0.4 is 15.2 Å². The first-order chi connectivity index (χ1) is 24.3. The van der Waals surface area contributed by atoms with Gasteiger partial charge < -0.3 is 19.9 Å². The molecular formula is C24H38N2O4. The van der Waals surface area contributed by atoms with Crippen molar-refractivity contribution in [3.63, 3.8) is 0 Å². The summed E-state index contributed by atoms with van der Waals surface area (Å²) in [6.07, 6.45) is -13.1. The monoisotopic (exact) mass is 444 g/mol. The number of carbonyl (C=O) groups excluding carboxylic acids is 1. The van der Waals surface area contributed by atoms with Gasteiger partial charge in [-0.1, -0.05) is 27.4 Å². The lowest BCUT2D eigenvalue weighted by atomic mass is 9.79. The van der Waals surface area contributed by atoms with Gasteiger partial charge in [0.25, 0.3) is 0 Å². The number of nitrogens with zero attached hydrogens (tertiary/aromatic N) is 1. The molecule has 0 bridgehead atoms. The minimum absolute atomic E-state index is 0.199. The average Bonchev–Trinajstić information content (AvgIpc) is 2.95. The number of methoxy groups -OCH3 is 2. The maximum atomic E-state index is 13.8. The van der Waals surface area contributed by atoms with E-state index < -0.39 is 131 Å². The van der Waals surface area contributed by atoms with Crippen molar-refractivity contribution >= 4 is 5.97 Å². The van der Waals surface area contributed by atoms with Crippen LogP contribution in [0.5, 0.6) is 11.5 Å². The highest BCUT2D eigenvalue weighted by atomic mass is 16.5. The van der Waals surface area contributed by atoms with Gasteiger partial charge in [0.1, 0.15) is 12.1 Å². The van der Waals surface area contributed by atoms with Crippen LogP contribution in [0, 0.1) is 17.7 Å². The van der Waals surface area contributed by atoms with Crippen molar-refractivity contribution in [2.75, 3.05) is 27.2 Å². The number of esters is 1. The van der Waals surface area contributed by atoms with E-state index in [1.807, 2.05) is 0 Å². The predicted octanol–water partition coefficient (Wildman–Crippen LogP) is 3.56. The Morgan fingerprint density at radius 1 is 1.40 bits per heavy atom. The highest BCUT2D eigenvalue weighted by Crippen LogP contribution is 2.44. The largest absolute Gasteiger partial charge is 0.493 e. The van der Waals surface area contributed by atoms with Crippen LogP contribution in [0.1, 0.15) is 93.0 Å². The summed E-state index contributed by atoms with van der Waals surface area (Å²) in [5, 5.41) is 0. The van der Waals surface area contributed by atoms with Crippen LogP contribution in [-0.4, -0.2) is 50.2 Å². The minimum Gasteiger partial charge on any atom is -0.493 e. The third kappa shape index (κ3) is 4.75. The van der Waals surface area contributed by atoms with Gasteiger partial charge in [0.15, 0.2) is 11.5 Å². The van der Waals surface area contributed by atoms with Gasteiger partial charge in [-0.25, -0.2) is 0 Å². The summed E-state index contributed by atoms with van der Waals surface area (Å²) in [4.78, 5) is 14.0. The Balaban J connectivity index is 2.53. The molecule has 6 nitrogen and oxygen atoms in total. The maximum absolute atomic E-state index is 13.8. The van der Waals surface area contributed by atoms with Crippen LogP contribution in [0.25, 0.3) is 0 Å². The molecule has 6 heteroatoms. The van der Waals surface area contributed by atoms with E-state index in [1.165, 1.54) is 0 Å². The van der Waals surface area contributed by atoms with Crippen molar-refractivity contribution < 1.29 is 54.6 Å². The summed E-state index contributed by atoms with van der Waals surface area (Å²) in [6.45, 7) is -21.9. The number of hydrogen-bond acceptors (Lipinski definition) is 6. The number of ether oxygens (including phenoxy) is 3. The molecule has 30 heavy (non-hydrogen) atoms. The molecule has 1 saturated heterocycles. The quantitative estimate of drug-likeness (QED) is 0.648. The molecule has 3 rings (SSSR count). The second kappa shape index (κ2) is 9.56. The molecule has 0 amide bonds. The number of aryl methyl sites for hydroxylation is 1. The van der Waals surface area contributed by atoms with Crippen molar-refractivity contribution in [2.45, 2.75) is 64.7 Å². The smallest absolute Gasteiger partial charge is 0.323 e. The Morgan fingerprint density at radius 3 is 2.90 bits per heavy atom. The van der Waals surface area contributed by atoms with E-state index in [0.717, 1.165) is 13.2 Å². The Bertz CT molecular complexity index is 1670. The number of nitrogens with two attached hydrogens (primary N) is 1. The number of carbonyl (C=O) groups is 1. The summed E-state index contributed by atoms with van der Waals surface area (Å²) in [6, 6.07) is -5.94. The van der Waals surface area contributed by atoms with Gasteiger partial charge in [-0.2, -0.15) is 0 Å². The van der Waals surface area contributed by atoms with Crippen LogP contribution in [-0.2, 0) is 15.9 Å². The highest BCUT2D eigenvalue weighted by molar-refractivity contribution is 5.76. The Kier molecular flexibility index (Phi) is 2.11. The molecule has 2 N–H and O–H groups in total. The first kappa shape index (κ1) is 6.61. The van der Waals surface area contributed by atoms with Gasteiger partial charge in [-0.15, -0.1) is 0 Å². The molecule has 2 aliphatic heterocycles. The third-order valence-corrected chi connectivity index (χ3v) is 4.50. The lowest BCUT2D eigenvalue weighted by Crippen LogP contribution is -2.51. The molecule has 1 fully saturated rings. The zero-order chi connectivity index (χ0) is 44.5. The van der Waals surface area contributed by atoms with E-state index in [4.69, 9.17) is 52.8 Å². The normalized spacial score (nSPS) is 50.3. The zero-order valence-electron chi connectivity index (χ0n) is 41.8. The fourth-order valence-corrected chi connectivity index (χ4v) is 3.08. The lowest BCUT2D eigenvalue weighted by molar-refractivity contribution is -0.160. The van der Waals surface area contributed by atoms with E-state index in [9.17, 15) is 7.54 Å². The first-order valence-electron chi connectivity index (χ1n) is 21.5. The van der Waals surface area contributed by atoms with Gasteiger partial charge in [0.2, 0.25) is 0 Å². The number of piperidine rings is 1. The molecule has 2 heterocycles. The topological polar surface area (TPSA) is 74.0 Å². The second-order valence-electron chi connectivity index (χ2n) is 6.34. The Labute approximate surface area is 217 Å². The molecule has 3 unspecified atom stereocenters. The predicted molar refractivity (Wildman–Crippen MR) is 118 cm³/mol. The van der Waals surface area contributed by atoms with Crippen LogP contribution in [0.2, 0.25) is 0 Å². The minimum atomic E-state index is -4.33. The molecule has 0 saturated carbocycles. The van der Waals surface area contributed by atoms with Gasteiger partial charge in [0.05, 0.1) is 22.4 Å². The fraction of sp³-hybridized carbons (Fsp3) is 0.708. The number of rotatable bonds is 7. The molecule has 4 atom stereocenters. The van der Waals surface area contributed by atoms with Crippen LogP contribution >= 0.6 is 0 Å². The molecule has 168 valence electrons. The van der Waals surface area contributed by atoms with Crippen molar-refractivity contribution in [1.82, 2.24) is 4.90 Å². The second-order valence-corrected chi connectivity index (χ2v) is 6.34. The van der Waals surface area contributed by atoms with E-state index in [-0.39, 0.29) is 4.90 Å². The molecule has 1 aromatic carbocycles. The summed E-state index contributed by atoms with van der Waals surface area (Å²) >= 11 is 0. The standard InChI is InChI=1S/C24H38N2O4/c1-14(2)9-17-13-26-8-7-16-10-21(28-5)22(29-6)11-18(16)19(26)12-20(17)30-24(27)23(25)15(3)4/h10-11,14-15,17,19-20,23H,7-9,12-13,25H2,1-6H3/t17?,19?,20?,23-/m0/s1/i1D3,2D3,3D3,4D3,5D3,7D2,8D2,9D2,14D,15D,19D,20D,23D. The molecule has 0 aliphatic carbocycles. The molecule has 0 aromatic heterocycles. The SMILES string of the molecule is [2H]C([2H])([2H])Oc1cc2c(cc1OC)C1([2H])CC([2H])(OC(=O)[C@@]([2H])(N)C([2H])(C([2H])([2H])[2H])C([2H])([2H])[2H])C(C([2H])([2H])C([2H])(C([2H])([2H])[2H])C([2H])([2H])[2H])CN1C([2H])([2H])C2([2H])[2H]. The van der Waals surface area contributed by atoms with Crippen molar-refractivity contribution in [3.05, 3.63) is 23.3 Å².